The van der Waals surface area contributed by atoms with Crippen molar-refractivity contribution in [2.75, 3.05) is 19.4 Å². The van der Waals surface area contributed by atoms with Gasteiger partial charge in [0.1, 0.15) is 11.8 Å². The van der Waals surface area contributed by atoms with Crippen LogP contribution in [0.15, 0.2) is 78.9 Å². The highest BCUT2D eigenvalue weighted by atomic mass is 32.2. The second kappa shape index (κ2) is 14.3. The van der Waals surface area contributed by atoms with Gasteiger partial charge in [-0.05, 0) is 47.7 Å². The first-order chi connectivity index (χ1) is 17.5. The molecule has 3 aromatic carbocycles. The Morgan fingerprint density at radius 1 is 0.972 bits per heavy atom. The van der Waals surface area contributed by atoms with Gasteiger partial charge in [-0.25, -0.2) is 0 Å². The van der Waals surface area contributed by atoms with E-state index in [9.17, 15) is 9.59 Å². The van der Waals surface area contributed by atoms with Crippen LogP contribution in [0.3, 0.4) is 0 Å². The van der Waals surface area contributed by atoms with Crippen LogP contribution in [-0.2, 0) is 28.3 Å². The van der Waals surface area contributed by atoms with Crippen molar-refractivity contribution in [1.29, 1.82) is 0 Å². The highest BCUT2D eigenvalue weighted by molar-refractivity contribution is 7.99. The number of hydrogen-bond donors (Lipinski definition) is 1. The number of amides is 2. The van der Waals surface area contributed by atoms with Gasteiger partial charge in [-0.15, -0.1) is 11.8 Å². The molecule has 3 aromatic rings. The van der Waals surface area contributed by atoms with E-state index >= 15 is 0 Å². The molecule has 6 heteroatoms. The van der Waals surface area contributed by atoms with Crippen molar-refractivity contribution in [1.82, 2.24) is 10.2 Å². The molecular formula is C30H36N2O3S. The first kappa shape index (κ1) is 27.3. The fraction of sp³-hybridized carbons (Fsp3) is 0.333. The predicted molar refractivity (Wildman–Crippen MR) is 148 cm³/mol. The minimum atomic E-state index is -0.614. The van der Waals surface area contributed by atoms with E-state index in [1.807, 2.05) is 73.7 Å². The Labute approximate surface area is 219 Å². The zero-order valence-electron chi connectivity index (χ0n) is 21.4. The van der Waals surface area contributed by atoms with E-state index in [2.05, 4.69) is 24.4 Å². The van der Waals surface area contributed by atoms with Crippen molar-refractivity contribution < 1.29 is 14.3 Å². The largest absolute Gasteiger partial charge is 0.497 e. The lowest BCUT2D eigenvalue weighted by Gasteiger charge is -2.31. The molecule has 36 heavy (non-hydrogen) atoms. The molecule has 2 amide bonds. The predicted octanol–water partition coefficient (Wildman–Crippen LogP) is 5.40. The second-order valence-corrected chi connectivity index (χ2v) is 9.77. The Morgan fingerprint density at radius 3 is 2.42 bits per heavy atom. The van der Waals surface area contributed by atoms with Crippen molar-refractivity contribution in [3.05, 3.63) is 101 Å². The molecule has 190 valence electrons. The molecule has 5 nitrogen and oxygen atoms in total. The maximum atomic E-state index is 13.7. The van der Waals surface area contributed by atoms with Crippen LogP contribution < -0.4 is 10.1 Å². The first-order valence-corrected chi connectivity index (χ1v) is 13.5. The van der Waals surface area contributed by atoms with Gasteiger partial charge in [0.25, 0.3) is 0 Å². The summed E-state index contributed by atoms with van der Waals surface area (Å²) in [6, 6.07) is 25.2. The van der Waals surface area contributed by atoms with Gasteiger partial charge in [-0.3, -0.25) is 9.59 Å². The zero-order chi connectivity index (χ0) is 25.8. The van der Waals surface area contributed by atoms with Crippen molar-refractivity contribution in [3.63, 3.8) is 0 Å². The molecule has 3 rings (SSSR count). The number of benzene rings is 3. The summed E-state index contributed by atoms with van der Waals surface area (Å²) in [5.41, 5.74) is 4.38. The van der Waals surface area contributed by atoms with E-state index in [4.69, 9.17) is 4.74 Å². The Kier molecular flexibility index (Phi) is 10.9. The third-order valence-corrected chi connectivity index (χ3v) is 7.02. The van der Waals surface area contributed by atoms with Gasteiger partial charge < -0.3 is 15.0 Å². The minimum absolute atomic E-state index is 0.0519. The van der Waals surface area contributed by atoms with Gasteiger partial charge in [-0.1, -0.05) is 73.7 Å². The maximum Gasteiger partial charge on any atom is 0.243 e. The van der Waals surface area contributed by atoms with E-state index in [0.717, 1.165) is 29.1 Å². The molecule has 0 saturated carbocycles. The van der Waals surface area contributed by atoms with Gasteiger partial charge in [0.05, 0.1) is 12.9 Å². The van der Waals surface area contributed by atoms with Gasteiger partial charge in [-0.2, -0.15) is 0 Å². The van der Waals surface area contributed by atoms with E-state index in [1.165, 1.54) is 11.1 Å². The summed E-state index contributed by atoms with van der Waals surface area (Å²) >= 11 is 1.58. The number of aryl methyl sites for hydroxylation is 1. The Bertz CT molecular complexity index is 1120. The molecule has 1 atom stereocenters. The molecule has 0 aliphatic carbocycles. The van der Waals surface area contributed by atoms with Crippen LogP contribution in [0.5, 0.6) is 5.75 Å². The number of methoxy groups -OCH3 is 1. The number of rotatable bonds is 13. The van der Waals surface area contributed by atoms with Crippen molar-refractivity contribution in [3.8, 4) is 5.75 Å². The molecule has 0 heterocycles. The highest BCUT2D eigenvalue weighted by Crippen LogP contribution is 2.21. The average molecular weight is 505 g/mol. The minimum Gasteiger partial charge on any atom is -0.497 e. The van der Waals surface area contributed by atoms with Crippen LogP contribution in [0.2, 0.25) is 0 Å². The Hall–Kier alpha value is -3.25. The summed E-state index contributed by atoms with van der Waals surface area (Å²) in [5.74, 6) is 1.59. The smallest absolute Gasteiger partial charge is 0.243 e. The molecule has 0 aliphatic rings. The standard InChI is InChI=1S/C30H36N2O3S/c1-4-17-31-30(34)28(19-24-12-6-5-7-13-24)32(20-25-14-10-16-27(18-25)35-3)29(33)22-36-21-26-15-9-8-11-23(26)2/h5-16,18,28H,4,17,19-22H2,1-3H3,(H,31,34). The van der Waals surface area contributed by atoms with E-state index in [0.29, 0.717) is 25.3 Å². The summed E-state index contributed by atoms with van der Waals surface area (Å²) < 4.78 is 5.39. The van der Waals surface area contributed by atoms with Crippen LogP contribution in [0.4, 0.5) is 0 Å². The number of ether oxygens (including phenoxy) is 1. The Morgan fingerprint density at radius 2 is 1.69 bits per heavy atom. The quantitative estimate of drug-likeness (QED) is 0.338. The first-order valence-electron chi connectivity index (χ1n) is 12.4. The fourth-order valence-electron chi connectivity index (χ4n) is 3.99. The average Bonchev–Trinajstić information content (AvgIpc) is 2.91. The number of carbonyl (C=O) groups is 2. The molecule has 0 spiro atoms. The van der Waals surface area contributed by atoms with E-state index < -0.39 is 6.04 Å². The summed E-state index contributed by atoms with van der Waals surface area (Å²) in [6.45, 7) is 5.01. The van der Waals surface area contributed by atoms with Crippen molar-refractivity contribution in [2.24, 2.45) is 0 Å². The molecular weight excluding hydrogens is 468 g/mol. The zero-order valence-corrected chi connectivity index (χ0v) is 22.2. The fourth-order valence-corrected chi connectivity index (χ4v) is 4.98. The lowest BCUT2D eigenvalue weighted by molar-refractivity contribution is -0.139. The molecule has 0 aromatic heterocycles. The maximum absolute atomic E-state index is 13.7. The van der Waals surface area contributed by atoms with Gasteiger partial charge in [0.2, 0.25) is 11.8 Å². The molecule has 1 unspecified atom stereocenters. The number of nitrogens with one attached hydrogen (secondary N) is 1. The van der Waals surface area contributed by atoms with Crippen LogP contribution in [0, 0.1) is 6.92 Å². The SMILES string of the molecule is CCCNC(=O)C(Cc1ccccc1)N(Cc1cccc(OC)c1)C(=O)CSCc1ccccc1C. The summed E-state index contributed by atoms with van der Waals surface area (Å²) in [4.78, 5) is 28.8. The topological polar surface area (TPSA) is 58.6 Å². The second-order valence-electron chi connectivity index (χ2n) is 8.79. The third kappa shape index (κ3) is 8.16. The Balaban J connectivity index is 1.85. The summed E-state index contributed by atoms with van der Waals surface area (Å²) in [7, 11) is 1.63. The third-order valence-electron chi connectivity index (χ3n) is 6.05. The van der Waals surface area contributed by atoms with Crippen molar-refractivity contribution in [2.45, 2.75) is 45.0 Å². The number of carbonyl (C=O) groups excluding carboxylic acids is 2. The van der Waals surface area contributed by atoms with Gasteiger partial charge in [0, 0.05) is 25.3 Å². The monoisotopic (exact) mass is 504 g/mol. The normalized spacial score (nSPS) is 11.5. The van der Waals surface area contributed by atoms with Crippen LogP contribution in [0.1, 0.15) is 35.6 Å². The van der Waals surface area contributed by atoms with Crippen molar-refractivity contribution >= 4 is 23.6 Å². The lowest BCUT2D eigenvalue weighted by atomic mass is 10.0. The van der Waals surface area contributed by atoms with Gasteiger partial charge >= 0.3 is 0 Å². The molecule has 0 aliphatic heterocycles. The molecule has 0 saturated heterocycles. The molecule has 1 N–H and O–H groups in total. The van der Waals surface area contributed by atoms with Crippen LogP contribution in [0.25, 0.3) is 0 Å². The van der Waals surface area contributed by atoms with E-state index in [1.54, 1.807) is 23.8 Å². The summed E-state index contributed by atoms with van der Waals surface area (Å²) in [5, 5.41) is 3.02. The highest BCUT2D eigenvalue weighted by Gasteiger charge is 2.30. The summed E-state index contributed by atoms with van der Waals surface area (Å²) in [6.07, 6.45) is 1.29. The van der Waals surface area contributed by atoms with Gasteiger partial charge in [0.15, 0.2) is 0 Å². The number of thioether (sulfide) groups is 1. The lowest BCUT2D eigenvalue weighted by Crippen LogP contribution is -2.51. The number of nitrogens with zero attached hydrogens (tertiary/aromatic N) is 1. The van der Waals surface area contributed by atoms with E-state index in [-0.39, 0.29) is 11.8 Å². The molecule has 0 bridgehead atoms. The van der Waals surface area contributed by atoms with Crippen LogP contribution >= 0.6 is 11.8 Å². The number of hydrogen-bond acceptors (Lipinski definition) is 4. The molecule has 0 radical (unpaired) electrons. The van der Waals surface area contributed by atoms with Crippen LogP contribution in [-0.4, -0.2) is 42.2 Å². The molecule has 0 fully saturated rings.